The van der Waals surface area contributed by atoms with Crippen LogP contribution in [0.5, 0.6) is 5.75 Å². The summed E-state index contributed by atoms with van der Waals surface area (Å²) in [7, 11) is -2.75. The van der Waals surface area contributed by atoms with Gasteiger partial charge in [-0.25, -0.2) is 8.42 Å². The van der Waals surface area contributed by atoms with Crippen LogP contribution in [0.1, 0.15) is 139 Å². The number of nitrogens with two attached hydrogens (primary N) is 1. The van der Waals surface area contributed by atoms with Gasteiger partial charge in [-0.1, -0.05) is 64.8 Å². The number of methoxy groups -OCH3 is 1. The molecule has 60 heavy (non-hydrogen) atoms. The second-order valence-electron chi connectivity index (χ2n) is 16.5. The highest BCUT2D eigenvalue weighted by atomic mass is 32.2. The zero-order valence-corrected chi connectivity index (χ0v) is 39.3. The Kier molecular flexibility index (Phi) is 23.1. The van der Waals surface area contributed by atoms with E-state index < -0.39 is 45.9 Å². The van der Waals surface area contributed by atoms with E-state index in [4.69, 9.17) is 25.4 Å². The van der Waals surface area contributed by atoms with Crippen LogP contribution in [-0.4, -0.2) is 92.6 Å². The Labute approximate surface area is 361 Å². The number of amidine groups is 1. The van der Waals surface area contributed by atoms with Crippen molar-refractivity contribution in [3.05, 3.63) is 59.7 Å². The first-order chi connectivity index (χ1) is 28.1. The molecule has 1 saturated heterocycles. The molecule has 2 aromatic carbocycles. The number of benzene rings is 2. The van der Waals surface area contributed by atoms with Crippen LogP contribution in [0, 0.1) is 5.41 Å². The first-order valence-corrected chi connectivity index (χ1v) is 22.8. The number of carbonyl (C=O) groups excluding carboxylic acids is 3. The van der Waals surface area contributed by atoms with Crippen molar-refractivity contribution in [2.45, 2.75) is 168 Å². The van der Waals surface area contributed by atoms with E-state index in [1.807, 2.05) is 41.5 Å². The third-order valence-electron chi connectivity index (χ3n) is 10.0. The van der Waals surface area contributed by atoms with Gasteiger partial charge in [0.05, 0.1) is 29.6 Å². The van der Waals surface area contributed by atoms with Gasteiger partial charge in [-0.3, -0.25) is 19.8 Å². The third kappa shape index (κ3) is 19.1. The van der Waals surface area contributed by atoms with Crippen LogP contribution >= 0.6 is 0 Å². The highest BCUT2D eigenvalue weighted by Gasteiger charge is 2.40. The van der Waals surface area contributed by atoms with Gasteiger partial charge in [0, 0.05) is 37.4 Å². The second kappa shape index (κ2) is 25.7. The minimum atomic E-state index is -4.21. The van der Waals surface area contributed by atoms with E-state index in [9.17, 15) is 22.8 Å². The molecular formula is C45H76N6O8S. The lowest BCUT2D eigenvalue weighted by Gasteiger charge is -2.36. The van der Waals surface area contributed by atoms with Crippen LogP contribution in [0.4, 0.5) is 0 Å². The number of amides is 3. The van der Waals surface area contributed by atoms with Crippen molar-refractivity contribution >= 4 is 33.6 Å². The van der Waals surface area contributed by atoms with Gasteiger partial charge in [-0.05, 0) is 110 Å². The molecule has 0 aromatic heterocycles. The van der Waals surface area contributed by atoms with Crippen molar-refractivity contribution in [2.75, 3.05) is 26.9 Å². The fraction of sp³-hybridized carbons (Fsp3) is 0.644. The van der Waals surface area contributed by atoms with Crippen LogP contribution in [-0.2, 0) is 40.4 Å². The van der Waals surface area contributed by atoms with E-state index in [0.29, 0.717) is 30.6 Å². The molecule has 0 radical (unpaired) electrons. The van der Waals surface area contributed by atoms with E-state index in [1.165, 1.54) is 49.1 Å². The van der Waals surface area contributed by atoms with Gasteiger partial charge in [-0.2, -0.15) is 4.72 Å². The smallest absolute Gasteiger partial charge is 0.243 e. The maximum atomic E-state index is 13.8. The van der Waals surface area contributed by atoms with Gasteiger partial charge in [-0.15, -0.1) is 0 Å². The SMILES string of the molecule is CC.CCC(C)(C)NC(=O)CC(NS(=O)(=O)c1ccc(OC)cc1)C(=O)N1CCCC1C(=O)NCc1ccc(C(=N)N)cc1.CCCCC(C)(C)OC(C)(C)CCOCC. The molecule has 3 rings (SSSR count). The average Bonchev–Trinajstić information content (AvgIpc) is 3.69. The molecule has 2 aromatic rings. The zero-order chi connectivity index (χ0) is 45.7. The number of carbonyl (C=O) groups is 3. The summed E-state index contributed by atoms with van der Waals surface area (Å²) in [6.45, 7) is 24.5. The number of hydrogen-bond acceptors (Lipinski definition) is 9. The number of likely N-dealkylation sites (tertiary alicyclic amines) is 1. The molecule has 0 saturated carbocycles. The first-order valence-electron chi connectivity index (χ1n) is 21.4. The van der Waals surface area contributed by atoms with E-state index in [-0.39, 0.29) is 40.9 Å². The van der Waals surface area contributed by atoms with Gasteiger partial charge in [0.25, 0.3) is 0 Å². The predicted molar refractivity (Wildman–Crippen MR) is 239 cm³/mol. The summed E-state index contributed by atoms with van der Waals surface area (Å²) >= 11 is 0. The standard InChI is InChI=1S/C29H40N6O6S.C14H30O2.C2H6/c1-5-29(2,3)33-25(36)17-23(34-42(39,40)22-14-12-21(41-4)13-15-22)28(38)35-16-6-7-24(35)27(37)32-18-19-8-10-20(11-9-19)26(30)31;1-7-9-10-13(3,4)16-14(5,6)11-12-15-8-2;1-2/h8-15,23-24,34H,5-7,16-18H2,1-4H3,(H3,30,31)(H,32,37)(H,33,36);7-12H2,1-6H3;1-2H3. The van der Waals surface area contributed by atoms with Gasteiger partial charge >= 0.3 is 0 Å². The lowest BCUT2D eigenvalue weighted by Crippen LogP contribution is -2.55. The summed E-state index contributed by atoms with van der Waals surface area (Å²) in [4.78, 5) is 41.2. The number of sulfonamides is 1. The lowest BCUT2D eigenvalue weighted by atomic mass is 9.98. The van der Waals surface area contributed by atoms with Gasteiger partial charge in [0.15, 0.2) is 0 Å². The number of unbranched alkanes of at least 4 members (excludes halogenated alkanes) is 1. The topological polar surface area (TPSA) is 202 Å². The highest BCUT2D eigenvalue weighted by molar-refractivity contribution is 7.89. The Morgan fingerprint density at radius 2 is 1.53 bits per heavy atom. The van der Waals surface area contributed by atoms with Crippen LogP contribution in [0.2, 0.25) is 0 Å². The van der Waals surface area contributed by atoms with Crippen molar-refractivity contribution in [1.29, 1.82) is 5.41 Å². The number of nitrogen functional groups attached to an aromatic ring is 1. The number of nitrogens with zero attached hydrogens (tertiary/aromatic N) is 1. The van der Waals surface area contributed by atoms with E-state index in [1.54, 1.807) is 24.3 Å². The minimum Gasteiger partial charge on any atom is -0.497 e. The molecule has 0 bridgehead atoms. The van der Waals surface area contributed by atoms with Gasteiger partial charge in [0.1, 0.15) is 23.7 Å². The van der Waals surface area contributed by atoms with E-state index in [0.717, 1.165) is 31.6 Å². The highest BCUT2D eigenvalue weighted by Crippen LogP contribution is 2.27. The molecule has 1 aliphatic rings. The molecule has 15 heteroatoms. The number of rotatable bonds is 22. The summed E-state index contributed by atoms with van der Waals surface area (Å²) < 4.78 is 45.6. The molecule has 2 unspecified atom stereocenters. The van der Waals surface area contributed by atoms with Crippen molar-refractivity contribution < 1.29 is 37.0 Å². The zero-order valence-electron chi connectivity index (χ0n) is 38.5. The van der Waals surface area contributed by atoms with Crippen molar-refractivity contribution in [2.24, 2.45) is 5.73 Å². The largest absolute Gasteiger partial charge is 0.497 e. The Morgan fingerprint density at radius 1 is 0.933 bits per heavy atom. The molecule has 1 aliphatic heterocycles. The molecule has 3 amide bonds. The molecule has 1 fully saturated rings. The van der Waals surface area contributed by atoms with Crippen LogP contribution < -0.4 is 25.8 Å². The van der Waals surface area contributed by atoms with Gasteiger partial charge < -0.3 is 35.5 Å². The van der Waals surface area contributed by atoms with Crippen molar-refractivity contribution in [3.63, 3.8) is 0 Å². The molecule has 340 valence electrons. The van der Waals surface area contributed by atoms with Crippen LogP contribution in [0.25, 0.3) is 0 Å². The van der Waals surface area contributed by atoms with Crippen LogP contribution in [0.15, 0.2) is 53.4 Å². The summed E-state index contributed by atoms with van der Waals surface area (Å²) in [6, 6.07) is 10.3. The molecule has 14 nitrogen and oxygen atoms in total. The van der Waals surface area contributed by atoms with Gasteiger partial charge in [0.2, 0.25) is 27.7 Å². The number of nitrogens with one attached hydrogen (secondary N) is 4. The normalized spacial score (nSPS) is 14.8. The lowest BCUT2D eigenvalue weighted by molar-refractivity contribution is -0.141. The second-order valence-corrected chi connectivity index (χ2v) is 18.2. The fourth-order valence-corrected chi connectivity index (χ4v) is 7.61. The maximum absolute atomic E-state index is 13.8. The molecule has 0 spiro atoms. The van der Waals surface area contributed by atoms with E-state index in [2.05, 4.69) is 50.0 Å². The number of hydrogen-bond donors (Lipinski definition) is 5. The van der Waals surface area contributed by atoms with Crippen LogP contribution in [0.3, 0.4) is 0 Å². The molecule has 0 aliphatic carbocycles. The summed E-state index contributed by atoms with van der Waals surface area (Å²) in [5.41, 5.74) is 6.16. The maximum Gasteiger partial charge on any atom is 0.243 e. The Hall–Kier alpha value is -4.05. The molecule has 2 atom stereocenters. The summed E-state index contributed by atoms with van der Waals surface area (Å²) in [5, 5.41) is 13.2. The van der Waals surface area contributed by atoms with E-state index >= 15 is 0 Å². The van der Waals surface area contributed by atoms with Crippen molar-refractivity contribution in [1.82, 2.24) is 20.3 Å². The Morgan fingerprint density at radius 3 is 2.07 bits per heavy atom. The third-order valence-corrected chi connectivity index (χ3v) is 11.5. The monoisotopic (exact) mass is 861 g/mol. The quantitative estimate of drug-likeness (QED) is 0.0478. The summed E-state index contributed by atoms with van der Waals surface area (Å²) in [6.07, 6.45) is 5.67. The molecule has 1 heterocycles. The Balaban J connectivity index is 0.000000841. The predicted octanol–water partition coefficient (Wildman–Crippen LogP) is 6.83. The Bertz CT molecular complexity index is 1730. The average molecular weight is 861 g/mol. The summed E-state index contributed by atoms with van der Waals surface area (Å²) in [5.74, 6) is -1.13. The van der Waals surface area contributed by atoms with Crippen molar-refractivity contribution in [3.8, 4) is 5.75 Å². The number of ether oxygens (including phenoxy) is 3. The molecule has 6 N–H and O–H groups in total. The minimum absolute atomic E-state index is 0.0221. The fourth-order valence-electron chi connectivity index (χ4n) is 6.42. The molecular weight excluding hydrogens is 785 g/mol. The first kappa shape index (κ1) is 54.0.